The molecule has 3 heteroatoms. The molecule has 94 valence electrons. The van der Waals surface area contributed by atoms with Gasteiger partial charge in [-0.2, -0.15) is 0 Å². The van der Waals surface area contributed by atoms with Gasteiger partial charge in [0.1, 0.15) is 0 Å². The molecule has 0 radical (unpaired) electrons. The average Bonchev–Trinajstić information content (AvgIpc) is 2.29. The molecular formula is C13H24ClNO. The molecule has 1 aliphatic rings. The molecule has 1 fully saturated rings. The van der Waals surface area contributed by atoms with E-state index in [0.29, 0.717) is 5.88 Å². The Labute approximate surface area is 104 Å². The van der Waals surface area contributed by atoms with Crippen molar-refractivity contribution in [2.75, 3.05) is 5.88 Å². The van der Waals surface area contributed by atoms with E-state index in [1.165, 1.54) is 12.8 Å². The fourth-order valence-electron chi connectivity index (χ4n) is 2.35. The average molecular weight is 246 g/mol. The highest BCUT2D eigenvalue weighted by Crippen LogP contribution is 2.28. The van der Waals surface area contributed by atoms with Crippen LogP contribution in [0.15, 0.2) is 0 Å². The molecule has 1 atom stereocenters. The standard InChI is InChI=1S/C13H24ClNO/c1-3-12(8-9-14)15-13(16)11-6-4-10(2)5-7-11/h10-12H,3-9H2,1-2H3,(H,15,16). The summed E-state index contributed by atoms with van der Waals surface area (Å²) < 4.78 is 0. The Hall–Kier alpha value is -0.240. The highest BCUT2D eigenvalue weighted by molar-refractivity contribution is 6.17. The van der Waals surface area contributed by atoms with Gasteiger partial charge < -0.3 is 5.32 Å². The SMILES string of the molecule is CCC(CCCl)NC(=O)C1CCC(C)CC1. The molecule has 0 saturated heterocycles. The van der Waals surface area contributed by atoms with E-state index in [0.717, 1.165) is 31.6 Å². The summed E-state index contributed by atoms with van der Waals surface area (Å²) in [6.45, 7) is 4.37. The molecular weight excluding hydrogens is 222 g/mol. The van der Waals surface area contributed by atoms with Crippen LogP contribution < -0.4 is 5.32 Å². The van der Waals surface area contributed by atoms with E-state index >= 15 is 0 Å². The van der Waals surface area contributed by atoms with Gasteiger partial charge in [0.25, 0.3) is 0 Å². The van der Waals surface area contributed by atoms with Gasteiger partial charge in [-0.15, -0.1) is 11.6 Å². The first-order valence-corrected chi connectivity index (χ1v) is 7.07. The van der Waals surface area contributed by atoms with Crippen LogP contribution in [-0.4, -0.2) is 17.8 Å². The summed E-state index contributed by atoms with van der Waals surface area (Å²) in [5, 5.41) is 3.13. The molecule has 0 aromatic rings. The van der Waals surface area contributed by atoms with Crippen molar-refractivity contribution in [2.45, 2.75) is 58.4 Å². The number of hydrogen-bond donors (Lipinski definition) is 1. The molecule has 0 aromatic carbocycles. The van der Waals surface area contributed by atoms with E-state index in [2.05, 4.69) is 19.2 Å². The Bertz CT molecular complexity index is 212. The molecule has 1 unspecified atom stereocenters. The lowest BCUT2D eigenvalue weighted by Crippen LogP contribution is -2.39. The van der Waals surface area contributed by atoms with Gasteiger partial charge in [-0.05, 0) is 44.4 Å². The maximum Gasteiger partial charge on any atom is 0.223 e. The number of carbonyl (C=O) groups is 1. The number of amides is 1. The number of carbonyl (C=O) groups excluding carboxylic acids is 1. The van der Waals surface area contributed by atoms with Crippen LogP contribution in [0.3, 0.4) is 0 Å². The minimum absolute atomic E-state index is 0.251. The second-order valence-electron chi connectivity index (χ2n) is 5.05. The van der Waals surface area contributed by atoms with Crippen LogP contribution in [0.2, 0.25) is 0 Å². The first kappa shape index (κ1) is 13.8. The second kappa shape index (κ2) is 7.16. The summed E-state index contributed by atoms with van der Waals surface area (Å²) in [4.78, 5) is 12.0. The Morgan fingerprint density at radius 3 is 2.50 bits per heavy atom. The Kier molecular flexibility index (Phi) is 6.18. The lowest BCUT2D eigenvalue weighted by molar-refractivity contribution is -0.126. The Balaban J connectivity index is 2.33. The van der Waals surface area contributed by atoms with Crippen molar-refractivity contribution in [3.8, 4) is 0 Å². The first-order chi connectivity index (χ1) is 7.67. The highest BCUT2D eigenvalue weighted by atomic mass is 35.5. The zero-order valence-corrected chi connectivity index (χ0v) is 11.2. The van der Waals surface area contributed by atoms with E-state index in [1.807, 2.05) is 0 Å². The van der Waals surface area contributed by atoms with Crippen molar-refractivity contribution in [1.82, 2.24) is 5.32 Å². The highest BCUT2D eigenvalue weighted by Gasteiger charge is 2.25. The van der Waals surface area contributed by atoms with Gasteiger partial charge in [-0.1, -0.05) is 13.8 Å². The Morgan fingerprint density at radius 1 is 1.38 bits per heavy atom. The predicted octanol–water partition coefficient (Wildman–Crippen LogP) is 3.34. The third-order valence-electron chi connectivity index (χ3n) is 3.68. The lowest BCUT2D eigenvalue weighted by Gasteiger charge is -2.27. The molecule has 1 aliphatic carbocycles. The fraction of sp³-hybridized carbons (Fsp3) is 0.923. The van der Waals surface area contributed by atoms with Gasteiger partial charge in [0.05, 0.1) is 0 Å². The van der Waals surface area contributed by atoms with Crippen molar-refractivity contribution < 1.29 is 4.79 Å². The maximum atomic E-state index is 12.0. The van der Waals surface area contributed by atoms with Crippen molar-refractivity contribution in [1.29, 1.82) is 0 Å². The zero-order valence-electron chi connectivity index (χ0n) is 10.5. The molecule has 1 N–H and O–H groups in total. The van der Waals surface area contributed by atoms with Gasteiger partial charge in [0, 0.05) is 17.8 Å². The van der Waals surface area contributed by atoms with E-state index in [9.17, 15) is 4.79 Å². The van der Waals surface area contributed by atoms with Crippen molar-refractivity contribution in [3.63, 3.8) is 0 Å². The number of halogens is 1. The minimum atomic E-state index is 0.251. The molecule has 0 aromatic heterocycles. The summed E-state index contributed by atoms with van der Waals surface area (Å²) in [6, 6.07) is 0.268. The quantitative estimate of drug-likeness (QED) is 0.740. The second-order valence-corrected chi connectivity index (χ2v) is 5.43. The lowest BCUT2D eigenvalue weighted by atomic mass is 9.82. The van der Waals surface area contributed by atoms with Crippen LogP contribution in [0.25, 0.3) is 0 Å². The van der Waals surface area contributed by atoms with Crippen LogP contribution in [0.4, 0.5) is 0 Å². The van der Waals surface area contributed by atoms with Gasteiger partial charge in [-0.25, -0.2) is 0 Å². The van der Waals surface area contributed by atoms with Crippen LogP contribution in [-0.2, 0) is 4.79 Å². The summed E-state index contributed by atoms with van der Waals surface area (Å²) in [7, 11) is 0. The van der Waals surface area contributed by atoms with Gasteiger partial charge in [0.15, 0.2) is 0 Å². The summed E-state index contributed by atoms with van der Waals surface area (Å²) >= 11 is 5.71. The van der Waals surface area contributed by atoms with Crippen molar-refractivity contribution >= 4 is 17.5 Å². The van der Waals surface area contributed by atoms with E-state index in [-0.39, 0.29) is 17.9 Å². The molecule has 0 spiro atoms. The van der Waals surface area contributed by atoms with Crippen LogP contribution in [0.5, 0.6) is 0 Å². The Morgan fingerprint density at radius 2 is 2.00 bits per heavy atom. The molecule has 1 saturated carbocycles. The summed E-state index contributed by atoms with van der Waals surface area (Å²) in [5.41, 5.74) is 0. The zero-order chi connectivity index (χ0) is 12.0. The van der Waals surface area contributed by atoms with E-state index in [4.69, 9.17) is 11.6 Å². The molecule has 0 heterocycles. The normalized spacial score (nSPS) is 27.4. The maximum absolute atomic E-state index is 12.0. The van der Waals surface area contributed by atoms with Gasteiger partial charge in [-0.3, -0.25) is 4.79 Å². The van der Waals surface area contributed by atoms with Gasteiger partial charge >= 0.3 is 0 Å². The number of rotatable bonds is 5. The van der Waals surface area contributed by atoms with Crippen molar-refractivity contribution in [3.05, 3.63) is 0 Å². The smallest absolute Gasteiger partial charge is 0.223 e. The monoisotopic (exact) mass is 245 g/mol. The number of hydrogen-bond acceptors (Lipinski definition) is 1. The molecule has 16 heavy (non-hydrogen) atoms. The molecule has 0 bridgehead atoms. The predicted molar refractivity (Wildman–Crippen MR) is 68.7 cm³/mol. The van der Waals surface area contributed by atoms with E-state index in [1.54, 1.807) is 0 Å². The van der Waals surface area contributed by atoms with E-state index < -0.39 is 0 Å². The summed E-state index contributed by atoms with van der Waals surface area (Å²) in [5.74, 6) is 1.93. The molecule has 1 rings (SSSR count). The van der Waals surface area contributed by atoms with Crippen molar-refractivity contribution in [2.24, 2.45) is 11.8 Å². The number of nitrogens with one attached hydrogen (secondary N) is 1. The van der Waals surface area contributed by atoms with Gasteiger partial charge in [0.2, 0.25) is 5.91 Å². The molecule has 1 amide bonds. The molecule has 0 aliphatic heterocycles. The summed E-state index contributed by atoms with van der Waals surface area (Å²) in [6.07, 6.45) is 6.37. The van der Waals surface area contributed by atoms with Crippen LogP contribution in [0.1, 0.15) is 52.4 Å². The topological polar surface area (TPSA) is 29.1 Å². The third kappa shape index (κ3) is 4.32. The third-order valence-corrected chi connectivity index (χ3v) is 3.90. The van der Waals surface area contributed by atoms with Crippen LogP contribution in [0, 0.1) is 11.8 Å². The minimum Gasteiger partial charge on any atom is -0.353 e. The first-order valence-electron chi connectivity index (χ1n) is 6.53. The largest absolute Gasteiger partial charge is 0.353 e. The fourth-order valence-corrected chi connectivity index (χ4v) is 2.61. The number of alkyl halides is 1. The van der Waals surface area contributed by atoms with Crippen LogP contribution >= 0.6 is 11.6 Å². The molecule has 2 nitrogen and oxygen atoms in total.